The SMILES string of the molecule is Cc1ccc2c(c1)[C@@H](N[C@H](C)c1ccc(-n3cncn3)cc1)CC2. The average Bonchev–Trinajstić information content (AvgIpc) is 3.25. The maximum absolute atomic E-state index is 4.17. The van der Waals surface area contributed by atoms with Crippen LogP contribution in [0, 0.1) is 6.92 Å². The zero-order chi connectivity index (χ0) is 16.5. The van der Waals surface area contributed by atoms with E-state index in [1.807, 2.05) is 0 Å². The fraction of sp³-hybridized carbons (Fsp3) is 0.300. The van der Waals surface area contributed by atoms with Crippen molar-refractivity contribution < 1.29 is 0 Å². The van der Waals surface area contributed by atoms with Gasteiger partial charge in [-0.1, -0.05) is 35.9 Å². The Labute approximate surface area is 142 Å². The fourth-order valence-corrected chi connectivity index (χ4v) is 3.55. The molecule has 0 amide bonds. The van der Waals surface area contributed by atoms with Gasteiger partial charge < -0.3 is 5.32 Å². The van der Waals surface area contributed by atoms with E-state index in [-0.39, 0.29) is 0 Å². The standard InChI is InChI=1S/C20H22N4/c1-14-3-4-17-7-10-20(19(17)11-14)23-15(2)16-5-8-18(9-6-16)24-13-21-12-22-24/h3-6,8-9,11-13,15,20,23H,7,10H2,1-2H3/t15-,20+/m1/s1. The predicted octanol–water partition coefficient (Wildman–Crippen LogP) is 3.91. The molecule has 0 unspecified atom stereocenters. The number of aryl methyl sites for hydroxylation is 2. The minimum atomic E-state index is 0.311. The summed E-state index contributed by atoms with van der Waals surface area (Å²) in [4.78, 5) is 3.99. The molecule has 0 fully saturated rings. The van der Waals surface area contributed by atoms with Gasteiger partial charge in [-0.3, -0.25) is 0 Å². The molecule has 4 nitrogen and oxygen atoms in total. The Hall–Kier alpha value is -2.46. The highest BCUT2D eigenvalue weighted by Crippen LogP contribution is 2.33. The summed E-state index contributed by atoms with van der Waals surface area (Å²) in [5, 5.41) is 7.97. The van der Waals surface area contributed by atoms with Crippen molar-refractivity contribution in [2.45, 2.75) is 38.8 Å². The van der Waals surface area contributed by atoms with Gasteiger partial charge in [0, 0.05) is 12.1 Å². The quantitative estimate of drug-likeness (QED) is 0.793. The van der Waals surface area contributed by atoms with E-state index in [1.165, 1.54) is 35.1 Å². The largest absolute Gasteiger partial charge is 0.303 e. The number of hydrogen-bond acceptors (Lipinski definition) is 3. The lowest BCUT2D eigenvalue weighted by atomic mass is 10.0. The molecule has 1 heterocycles. The van der Waals surface area contributed by atoms with Gasteiger partial charge in [-0.25, -0.2) is 9.67 Å². The molecule has 1 aromatic heterocycles. The third-order valence-corrected chi connectivity index (χ3v) is 4.91. The number of nitrogens with zero attached hydrogens (tertiary/aromatic N) is 3. The molecule has 3 aromatic rings. The zero-order valence-corrected chi connectivity index (χ0v) is 14.1. The highest BCUT2D eigenvalue weighted by atomic mass is 15.3. The van der Waals surface area contributed by atoms with Crippen LogP contribution in [0.15, 0.2) is 55.1 Å². The van der Waals surface area contributed by atoms with E-state index >= 15 is 0 Å². The molecule has 0 aliphatic heterocycles. The van der Waals surface area contributed by atoms with Crippen LogP contribution in [0.2, 0.25) is 0 Å². The van der Waals surface area contributed by atoms with E-state index < -0.39 is 0 Å². The Bertz CT molecular complexity index is 821. The van der Waals surface area contributed by atoms with Gasteiger partial charge in [0.2, 0.25) is 0 Å². The Morgan fingerprint density at radius 2 is 2.00 bits per heavy atom. The topological polar surface area (TPSA) is 42.7 Å². The Morgan fingerprint density at radius 3 is 2.75 bits per heavy atom. The number of aromatic nitrogens is 3. The number of fused-ring (bicyclic) bond motifs is 1. The second kappa shape index (κ2) is 6.21. The van der Waals surface area contributed by atoms with Crippen molar-refractivity contribution in [3.63, 3.8) is 0 Å². The van der Waals surface area contributed by atoms with Crippen LogP contribution in [0.3, 0.4) is 0 Å². The van der Waals surface area contributed by atoms with Crippen molar-refractivity contribution in [3.8, 4) is 5.69 Å². The van der Waals surface area contributed by atoms with Gasteiger partial charge in [0.05, 0.1) is 5.69 Å². The Balaban J connectivity index is 1.49. The molecule has 2 atom stereocenters. The molecule has 1 aliphatic carbocycles. The van der Waals surface area contributed by atoms with Gasteiger partial charge >= 0.3 is 0 Å². The highest BCUT2D eigenvalue weighted by molar-refractivity contribution is 5.38. The van der Waals surface area contributed by atoms with Crippen LogP contribution in [0.25, 0.3) is 5.69 Å². The molecule has 1 aliphatic rings. The second-order valence-electron chi connectivity index (χ2n) is 6.61. The molecule has 4 rings (SSSR count). The van der Waals surface area contributed by atoms with E-state index in [0.717, 1.165) is 5.69 Å². The van der Waals surface area contributed by atoms with E-state index in [2.05, 4.69) is 71.7 Å². The van der Waals surface area contributed by atoms with E-state index in [4.69, 9.17) is 0 Å². The third-order valence-electron chi connectivity index (χ3n) is 4.91. The Kier molecular flexibility index (Phi) is 3.90. The van der Waals surface area contributed by atoms with E-state index in [1.54, 1.807) is 17.3 Å². The van der Waals surface area contributed by atoms with Crippen LogP contribution in [0.5, 0.6) is 0 Å². The zero-order valence-electron chi connectivity index (χ0n) is 14.1. The first-order chi connectivity index (χ1) is 11.7. The fourth-order valence-electron chi connectivity index (χ4n) is 3.55. The summed E-state index contributed by atoms with van der Waals surface area (Å²) in [6, 6.07) is 16.1. The van der Waals surface area contributed by atoms with Crippen molar-refractivity contribution in [3.05, 3.63) is 77.4 Å². The van der Waals surface area contributed by atoms with Crippen molar-refractivity contribution >= 4 is 0 Å². The third kappa shape index (κ3) is 2.85. The lowest BCUT2D eigenvalue weighted by Gasteiger charge is -2.21. The van der Waals surface area contributed by atoms with Crippen LogP contribution < -0.4 is 5.32 Å². The smallest absolute Gasteiger partial charge is 0.138 e. The summed E-state index contributed by atoms with van der Waals surface area (Å²) in [6.07, 6.45) is 5.62. The van der Waals surface area contributed by atoms with Gasteiger partial charge in [-0.15, -0.1) is 0 Å². The number of benzene rings is 2. The van der Waals surface area contributed by atoms with Crippen LogP contribution in [0.4, 0.5) is 0 Å². The number of rotatable bonds is 4. The summed E-state index contributed by atoms with van der Waals surface area (Å²) >= 11 is 0. The summed E-state index contributed by atoms with van der Waals surface area (Å²) in [6.45, 7) is 4.40. The first-order valence-corrected chi connectivity index (χ1v) is 8.51. The number of hydrogen-bond donors (Lipinski definition) is 1. The molecule has 24 heavy (non-hydrogen) atoms. The number of nitrogens with one attached hydrogen (secondary N) is 1. The van der Waals surface area contributed by atoms with Gasteiger partial charge in [0.15, 0.2) is 0 Å². The molecule has 0 bridgehead atoms. The molecule has 1 N–H and O–H groups in total. The molecule has 0 spiro atoms. The maximum Gasteiger partial charge on any atom is 0.138 e. The summed E-state index contributed by atoms with van der Waals surface area (Å²) < 4.78 is 1.78. The van der Waals surface area contributed by atoms with Crippen LogP contribution in [-0.2, 0) is 6.42 Å². The van der Waals surface area contributed by atoms with Crippen molar-refractivity contribution in [1.29, 1.82) is 0 Å². The lowest BCUT2D eigenvalue weighted by molar-refractivity contribution is 0.465. The van der Waals surface area contributed by atoms with Gasteiger partial charge in [-0.2, -0.15) is 5.10 Å². The van der Waals surface area contributed by atoms with Gasteiger partial charge in [0.1, 0.15) is 12.7 Å². The maximum atomic E-state index is 4.17. The molecular formula is C20H22N4. The molecule has 4 heteroatoms. The molecule has 0 radical (unpaired) electrons. The normalized spacial score (nSPS) is 17.7. The summed E-state index contributed by atoms with van der Waals surface area (Å²) in [5.41, 5.74) is 6.63. The molecule has 122 valence electrons. The van der Waals surface area contributed by atoms with E-state index in [0.29, 0.717) is 12.1 Å². The highest BCUT2D eigenvalue weighted by Gasteiger charge is 2.23. The molecule has 2 aromatic carbocycles. The van der Waals surface area contributed by atoms with Crippen molar-refractivity contribution in [1.82, 2.24) is 20.1 Å². The predicted molar refractivity (Wildman–Crippen MR) is 95.2 cm³/mol. The second-order valence-corrected chi connectivity index (χ2v) is 6.61. The summed E-state index contributed by atoms with van der Waals surface area (Å²) in [5.74, 6) is 0. The average molecular weight is 318 g/mol. The lowest BCUT2D eigenvalue weighted by Crippen LogP contribution is -2.23. The minimum absolute atomic E-state index is 0.311. The Morgan fingerprint density at radius 1 is 1.17 bits per heavy atom. The van der Waals surface area contributed by atoms with Crippen molar-refractivity contribution in [2.24, 2.45) is 0 Å². The minimum Gasteiger partial charge on any atom is -0.303 e. The summed E-state index contributed by atoms with van der Waals surface area (Å²) in [7, 11) is 0. The monoisotopic (exact) mass is 318 g/mol. The first-order valence-electron chi connectivity index (χ1n) is 8.51. The first kappa shape index (κ1) is 15.1. The molecular weight excluding hydrogens is 296 g/mol. The van der Waals surface area contributed by atoms with Crippen molar-refractivity contribution in [2.75, 3.05) is 0 Å². The van der Waals surface area contributed by atoms with Crippen LogP contribution >= 0.6 is 0 Å². The molecule has 0 saturated heterocycles. The van der Waals surface area contributed by atoms with Crippen LogP contribution in [-0.4, -0.2) is 14.8 Å². The van der Waals surface area contributed by atoms with Gasteiger partial charge in [-0.05, 0) is 55.5 Å². The van der Waals surface area contributed by atoms with E-state index in [9.17, 15) is 0 Å². The molecule has 0 saturated carbocycles. The van der Waals surface area contributed by atoms with Gasteiger partial charge in [0.25, 0.3) is 0 Å². The van der Waals surface area contributed by atoms with Crippen LogP contribution in [0.1, 0.15) is 47.7 Å².